The van der Waals surface area contributed by atoms with E-state index in [1.54, 1.807) is 12.1 Å². The van der Waals surface area contributed by atoms with Gasteiger partial charge in [0.05, 0.1) is 0 Å². The van der Waals surface area contributed by atoms with Crippen molar-refractivity contribution in [1.82, 2.24) is 5.32 Å². The number of hydrogen-bond acceptors (Lipinski definition) is 2. The lowest BCUT2D eigenvalue weighted by molar-refractivity contribution is 0.360. The van der Waals surface area contributed by atoms with Crippen LogP contribution in [0.4, 0.5) is 10.1 Å². The first-order valence-corrected chi connectivity index (χ1v) is 7.03. The third-order valence-electron chi connectivity index (χ3n) is 4.27. The van der Waals surface area contributed by atoms with Gasteiger partial charge in [0, 0.05) is 30.9 Å². The number of piperazine rings is 1. The lowest BCUT2D eigenvalue weighted by atomic mass is 10.0. The molecular formula is C15H21FN2. The van der Waals surface area contributed by atoms with E-state index >= 15 is 0 Å². The summed E-state index contributed by atoms with van der Waals surface area (Å²) in [5, 5.41) is 3.68. The van der Waals surface area contributed by atoms with Crippen molar-refractivity contribution in [3.63, 3.8) is 0 Å². The van der Waals surface area contributed by atoms with Gasteiger partial charge in [-0.3, -0.25) is 0 Å². The summed E-state index contributed by atoms with van der Waals surface area (Å²) in [5.74, 6) is 0.714. The van der Waals surface area contributed by atoms with Gasteiger partial charge < -0.3 is 10.2 Å². The van der Waals surface area contributed by atoms with Gasteiger partial charge in [0.1, 0.15) is 5.82 Å². The van der Waals surface area contributed by atoms with Gasteiger partial charge in [0.2, 0.25) is 0 Å². The van der Waals surface area contributed by atoms with Crippen LogP contribution in [-0.4, -0.2) is 25.2 Å². The quantitative estimate of drug-likeness (QED) is 0.885. The number of nitrogens with one attached hydrogen (secondary N) is 1. The van der Waals surface area contributed by atoms with E-state index in [2.05, 4.69) is 17.1 Å². The minimum Gasteiger partial charge on any atom is -0.366 e. The Kier molecular flexibility index (Phi) is 3.25. The highest BCUT2D eigenvalue weighted by atomic mass is 19.1. The summed E-state index contributed by atoms with van der Waals surface area (Å²) in [6.45, 7) is 4.34. The van der Waals surface area contributed by atoms with Crippen LogP contribution in [0.5, 0.6) is 0 Å². The molecular weight excluding hydrogens is 227 g/mol. The van der Waals surface area contributed by atoms with Crippen LogP contribution in [0.1, 0.15) is 26.2 Å². The molecule has 2 fully saturated rings. The molecule has 1 aliphatic carbocycles. The van der Waals surface area contributed by atoms with Gasteiger partial charge in [-0.1, -0.05) is 6.92 Å². The SMILES string of the molecule is CCC1CNC(C2CC2)CN1c1ccc(F)cc1. The van der Waals surface area contributed by atoms with E-state index in [0.717, 1.165) is 31.1 Å². The van der Waals surface area contributed by atoms with Crippen molar-refractivity contribution >= 4 is 5.69 Å². The zero-order valence-corrected chi connectivity index (χ0v) is 10.9. The third-order valence-corrected chi connectivity index (χ3v) is 4.27. The molecule has 1 saturated heterocycles. The number of benzene rings is 1. The summed E-state index contributed by atoms with van der Waals surface area (Å²) < 4.78 is 13.0. The van der Waals surface area contributed by atoms with Crippen molar-refractivity contribution < 1.29 is 4.39 Å². The second-order valence-electron chi connectivity index (χ2n) is 5.54. The summed E-state index contributed by atoms with van der Waals surface area (Å²) in [6.07, 6.45) is 3.86. The molecule has 0 radical (unpaired) electrons. The zero-order valence-electron chi connectivity index (χ0n) is 10.9. The first kappa shape index (κ1) is 12.0. The topological polar surface area (TPSA) is 15.3 Å². The van der Waals surface area contributed by atoms with Crippen molar-refractivity contribution in [3.8, 4) is 0 Å². The van der Waals surface area contributed by atoms with Gasteiger partial charge >= 0.3 is 0 Å². The van der Waals surface area contributed by atoms with Crippen LogP contribution in [0.25, 0.3) is 0 Å². The van der Waals surface area contributed by atoms with Gasteiger partial charge in [-0.2, -0.15) is 0 Å². The van der Waals surface area contributed by atoms with E-state index in [-0.39, 0.29) is 5.82 Å². The van der Waals surface area contributed by atoms with E-state index in [1.165, 1.54) is 12.8 Å². The fraction of sp³-hybridized carbons (Fsp3) is 0.600. The fourth-order valence-corrected chi connectivity index (χ4v) is 2.95. The number of nitrogens with zero attached hydrogens (tertiary/aromatic N) is 1. The van der Waals surface area contributed by atoms with Crippen LogP contribution in [0, 0.1) is 11.7 Å². The van der Waals surface area contributed by atoms with Gasteiger partial charge in [0.15, 0.2) is 0 Å². The standard InChI is InChI=1S/C15H21FN2/c1-2-13-9-17-15(11-3-4-11)10-18(13)14-7-5-12(16)6-8-14/h5-8,11,13,15,17H,2-4,9-10H2,1H3. The molecule has 1 aromatic carbocycles. The molecule has 3 rings (SSSR count). The van der Waals surface area contributed by atoms with E-state index in [9.17, 15) is 4.39 Å². The Morgan fingerprint density at radius 2 is 2.00 bits per heavy atom. The molecule has 1 aromatic rings. The second kappa shape index (κ2) is 4.88. The monoisotopic (exact) mass is 248 g/mol. The number of rotatable bonds is 3. The Morgan fingerprint density at radius 3 is 2.61 bits per heavy atom. The Hall–Kier alpha value is -1.09. The van der Waals surface area contributed by atoms with Crippen LogP contribution < -0.4 is 10.2 Å². The fourth-order valence-electron chi connectivity index (χ4n) is 2.95. The molecule has 0 bridgehead atoms. The molecule has 1 N–H and O–H groups in total. The molecule has 1 aliphatic heterocycles. The predicted molar refractivity (Wildman–Crippen MR) is 72.3 cm³/mol. The molecule has 2 unspecified atom stereocenters. The summed E-state index contributed by atoms with van der Waals surface area (Å²) in [6, 6.07) is 8.11. The Balaban J connectivity index is 1.78. The van der Waals surface area contributed by atoms with Gasteiger partial charge in [-0.15, -0.1) is 0 Å². The minimum absolute atomic E-state index is 0.152. The highest BCUT2D eigenvalue weighted by Gasteiger charge is 2.36. The summed E-state index contributed by atoms with van der Waals surface area (Å²) in [5.41, 5.74) is 1.16. The highest BCUT2D eigenvalue weighted by molar-refractivity contribution is 5.48. The van der Waals surface area contributed by atoms with E-state index in [4.69, 9.17) is 0 Å². The lowest BCUT2D eigenvalue weighted by Crippen LogP contribution is -2.57. The average molecular weight is 248 g/mol. The maximum Gasteiger partial charge on any atom is 0.123 e. The predicted octanol–water partition coefficient (Wildman–Crippen LogP) is 2.79. The second-order valence-corrected chi connectivity index (χ2v) is 5.54. The van der Waals surface area contributed by atoms with Crippen molar-refractivity contribution in [2.45, 2.75) is 38.3 Å². The van der Waals surface area contributed by atoms with Gasteiger partial charge in [-0.25, -0.2) is 4.39 Å². The lowest BCUT2D eigenvalue weighted by Gasteiger charge is -2.42. The van der Waals surface area contributed by atoms with Crippen LogP contribution in [-0.2, 0) is 0 Å². The highest BCUT2D eigenvalue weighted by Crippen LogP contribution is 2.35. The molecule has 0 spiro atoms. The molecule has 2 nitrogen and oxygen atoms in total. The summed E-state index contributed by atoms with van der Waals surface area (Å²) in [4.78, 5) is 2.46. The minimum atomic E-state index is -0.152. The van der Waals surface area contributed by atoms with Gasteiger partial charge in [-0.05, 0) is 49.4 Å². The van der Waals surface area contributed by atoms with E-state index < -0.39 is 0 Å². The van der Waals surface area contributed by atoms with Crippen molar-refractivity contribution in [3.05, 3.63) is 30.1 Å². The zero-order chi connectivity index (χ0) is 12.5. The van der Waals surface area contributed by atoms with Crippen LogP contribution in [0.15, 0.2) is 24.3 Å². The normalized spacial score (nSPS) is 28.4. The molecule has 18 heavy (non-hydrogen) atoms. The Morgan fingerprint density at radius 1 is 1.28 bits per heavy atom. The molecule has 0 aromatic heterocycles. The Labute approximate surface area is 108 Å². The first-order chi connectivity index (χ1) is 8.78. The maximum atomic E-state index is 13.0. The van der Waals surface area contributed by atoms with Gasteiger partial charge in [0.25, 0.3) is 0 Å². The van der Waals surface area contributed by atoms with Crippen molar-refractivity contribution in [1.29, 1.82) is 0 Å². The van der Waals surface area contributed by atoms with Crippen LogP contribution in [0.2, 0.25) is 0 Å². The Bertz CT molecular complexity index is 399. The average Bonchev–Trinajstić information content (AvgIpc) is 3.23. The van der Waals surface area contributed by atoms with Crippen LogP contribution in [0.3, 0.4) is 0 Å². The number of hydrogen-bond donors (Lipinski definition) is 1. The largest absolute Gasteiger partial charge is 0.366 e. The number of anilines is 1. The molecule has 2 aliphatic rings. The molecule has 2 atom stereocenters. The van der Waals surface area contributed by atoms with E-state index in [1.807, 2.05) is 12.1 Å². The number of halogens is 1. The van der Waals surface area contributed by atoms with Crippen molar-refractivity contribution in [2.75, 3.05) is 18.0 Å². The summed E-state index contributed by atoms with van der Waals surface area (Å²) >= 11 is 0. The third kappa shape index (κ3) is 2.37. The maximum absolute atomic E-state index is 13.0. The van der Waals surface area contributed by atoms with E-state index in [0.29, 0.717) is 12.1 Å². The molecule has 1 heterocycles. The first-order valence-electron chi connectivity index (χ1n) is 7.03. The molecule has 3 heteroatoms. The molecule has 98 valence electrons. The molecule has 1 saturated carbocycles. The van der Waals surface area contributed by atoms with Crippen molar-refractivity contribution in [2.24, 2.45) is 5.92 Å². The van der Waals surface area contributed by atoms with Crippen LogP contribution >= 0.6 is 0 Å². The molecule has 0 amide bonds. The summed E-state index contributed by atoms with van der Waals surface area (Å²) in [7, 11) is 0. The smallest absolute Gasteiger partial charge is 0.123 e.